The predicted molar refractivity (Wildman–Crippen MR) is 67.9 cm³/mol. The van der Waals surface area contributed by atoms with Crippen LogP contribution in [-0.4, -0.2) is 36.2 Å². The first-order valence-electron chi connectivity index (χ1n) is 6.13. The third-order valence-corrected chi connectivity index (χ3v) is 3.73. The average molecular weight is 302 g/mol. The lowest BCUT2D eigenvalue weighted by Gasteiger charge is -2.28. The normalized spacial score (nSPS) is 22.3. The highest BCUT2D eigenvalue weighted by molar-refractivity contribution is 5.98. The number of halogens is 3. The summed E-state index contributed by atoms with van der Waals surface area (Å²) in [6.45, 7) is -0.855. The lowest BCUT2D eigenvalue weighted by Crippen LogP contribution is -2.47. The molecular weight excluding hydrogens is 289 g/mol. The molecule has 1 atom stereocenters. The first kappa shape index (κ1) is 15.1. The number of aliphatic carboxylic acids is 1. The minimum absolute atomic E-state index is 0.0702. The van der Waals surface area contributed by atoms with Crippen molar-refractivity contribution in [2.75, 3.05) is 18.0 Å². The van der Waals surface area contributed by atoms with Gasteiger partial charge < -0.3 is 15.7 Å². The summed E-state index contributed by atoms with van der Waals surface area (Å²) in [6.07, 6.45) is -5.44. The number of nitrogens with two attached hydrogens (primary N) is 1. The average Bonchev–Trinajstić information content (AvgIpc) is 2.84. The fourth-order valence-corrected chi connectivity index (χ4v) is 2.50. The minimum Gasteiger partial charge on any atom is -0.481 e. The molecule has 5 nitrogen and oxygen atoms in total. The van der Waals surface area contributed by atoms with Gasteiger partial charge in [0.15, 0.2) is 5.41 Å². The van der Waals surface area contributed by atoms with E-state index in [0.717, 1.165) is 0 Å². The summed E-state index contributed by atoms with van der Waals surface area (Å²) in [4.78, 5) is 23.7. The van der Waals surface area contributed by atoms with Crippen LogP contribution < -0.4 is 10.6 Å². The number of hydrogen-bond acceptors (Lipinski definition) is 3. The molecule has 0 bridgehead atoms. The molecule has 0 aliphatic carbocycles. The van der Waals surface area contributed by atoms with Crippen molar-refractivity contribution in [3.63, 3.8) is 0 Å². The zero-order valence-corrected chi connectivity index (χ0v) is 10.9. The Morgan fingerprint density at radius 2 is 1.90 bits per heavy atom. The number of carboxylic acid groups (broad SMARTS) is 1. The van der Waals surface area contributed by atoms with Gasteiger partial charge >= 0.3 is 12.1 Å². The molecule has 1 fully saturated rings. The largest absolute Gasteiger partial charge is 0.481 e. The molecule has 1 aliphatic heterocycles. The lowest BCUT2D eigenvalue weighted by molar-refractivity contribution is -0.225. The zero-order chi connectivity index (χ0) is 15.8. The van der Waals surface area contributed by atoms with E-state index in [4.69, 9.17) is 10.8 Å². The van der Waals surface area contributed by atoms with Crippen molar-refractivity contribution in [1.29, 1.82) is 0 Å². The van der Waals surface area contributed by atoms with Crippen LogP contribution in [0.3, 0.4) is 0 Å². The van der Waals surface area contributed by atoms with E-state index in [1.807, 2.05) is 0 Å². The molecule has 1 heterocycles. The number of hydrogen-bond donors (Lipinski definition) is 2. The third kappa shape index (κ3) is 2.41. The highest BCUT2D eigenvalue weighted by atomic mass is 19.4. The highest BCUT2D eigenvalue weighted by Crippen LogP contribution is 2.47. The van der Waals surface area contributed by atoms with E-state index in [2.05, 4.69) is 0 Å². The lowest BCUT2D eigenvalue weighted by atomic mass is 9.86. The van der Waals surface area contributed by atoms with Gasteiger partial charge in [-0.3, -0.25) is 9.59 Å². The van der Waals surface area contributed by atoms with Crippen LogP contribution in [-0.2, 0) is 4.79 Å². The summed E-state index contributed by atoms with van der Waals surface area (Å²) in [5.74, 6) is -2.68. The van der Waals surface area contributed by atoms with Crippen molar-refractivity contribution >= 4 is 17.6 Å². The van der Waals surface area contributed by atoms with Gasteiger partial charge in [-0.25, -0.2) is 0 Å². The van der Waals surface area contributed by atoms with E-state index in [9.17, 15) is 22.8 Å². The Kier molecular flexibility index (Phi) is 3.56. The maximum absolute atomic E-state index is 13.1. The third-order valence-electron chi connectivity index (χ3n) is 3.73. The molecule has 1 aromatic rings. The molecule has 0 radical (unpaired) electrons. The Morgan fingerprint density at radius 3 is 2.38 bits per heavy atom. The molecule has 21 heavy (non-hydrogen) atoms. The monoisotopic (exact) mass is 302 g/mol. The van der Waals surface area contributed by atoms with Gasteiger partial charge in [0.25, 0.3) is 5.91 Å². The molecule has 0 saturated carbocycles. The number of carbonyl (C=O) groups is 2. The van der Waals surface area contributed by atoms with Gasteiger partial charge in [-0.05, 0) is 18.6 Å². The topological polar surface area (TPSA) is 83.6 Å². The number of amides is 1. The molecule has 114 valence electrons. The molecule has 8 heteroatoms. The number of carboxylic acids is 1. The maximum Gasteiger partial charge on any atom is 0.406 e. The fourth-order valence-electron chi connectivity index (χ4n) is 2.50. The molecule has 1 saturated heterocycles. The van der Waals surface area contributed by atoms with E-state index in [1.54, 1.807) is 6.07 Å². The molecular formula is C13H13F3N2O3. The molecule has 2 rings (SSSR count). The number of carbonyl (C=O) groups excluding carboxylic acids is 1. The zero-order valence-electron chi connectivity index (χ0n) is 10.9. The van der Waals surface area contributed by atoms with E-state index in [1.165, 1.54) is 23.1 Å². The van der Waals surface area contributed by atoms with Crippen molar-refractivity contribution in [2.45, 2.75) is 12.6 Å². The van der Waals surface area contributed by atoms with Crippen LogP contribution >= 0.6 is 0 Å². The molecule has 1 amide bonds. The summed E-state index contributed by atoms with van der Waals surface area (Å²) >= 11 is 0. The van der Waals surface area contributed by atoms with Crippen molar-refractivity contribution in [3.8, 4) is 0 Å². The number of rotatable bonds is 3. The van der Waals surface area contributed by atoms with E-state index >= 15 is 0 Å². The Hall–Kier alpha value is -2.25. The first-order valence-corrected chi connectivity index (χ1v) is 6.13. The number of nitrogens with zero attached hydrogens (tertiary/aromatic N) is 1. The van der Waals surface area contributed by atoms with Gasteiger partial charge in [-0.15, -0.1) is 0 Å². The number of benzene rings is 1. The molecule has 3 N–H and O–H groups in total. The second-order valence-corrected chi connectivity index (χ2v) is 4.94. The van der Waals surface area contributed by atoms with Gasteiger partial charge in [0.1, 0.15) is 0 Å². The maximum atomic E-state index is 13.1. The van der Waals surface area contributed by atoms with Crippen LogP contribution in [0.15, 0.2) is 24.3 Å². The van der Waals surface area contributed by atoms with Crippen molar-refractivity contribution in [1.82, 2.24) is 0 Å². The van der Waals surface area contributed by atoms with Crippen molar-refractivity contribution in [2.24, 2.45) is 11.1 Å². The standard InChI is InChI=1S/C13H13F3N2O3/c14-13(15,16)12(11(20)21)5-6-18(7-12)9-4-2-1-3-8(9)10(17)19/h1-4H,5-7H2,(H2,17,19)(H,20,21). The first-order chi connectivity index (χ1) is 9.69. The Labute approximate surface area is 118 Å². The van der Waals surface area contributed by atoms with Gasteiger partial charge in [0.05, 0.1) is 5.56 Å². The molecule has 1 aliphatic rings. The van der Waals surface area contributed by atoms with Crippen LogP contribution in [0.2, 0.25) is 0 Å². The summed E-state index contributed by atoms with van der Waals surface area (Å²) in [5, 5.41) is 9.00. The molecule has 1 aromatic carbocycles. The van der Waals surface area contributed by atoms with Crippen LogP contribution in [0.25, 0.3) is 0 Å². The van der Waals surface area contributed by atoms with Gasteiger partial charge in [0.2, 0.25) is 0 Å². The van der Waals surface area contributed by atoms with Gasteiger partial charge in [0, 0.05) is 18.8 Å². The van der Waals surface area contributed by atoms with Crippen LogP contribution in [0.5, 0.6) is 0 Å². The summed E-state index contributed by atoms with van der Waals surface area (Å²) in [6, 6.07) is 5.93. The quantitative estimate of drug-likeness (QED) is 0.889. The predicted octanol–water partition coefficient (Wildman–Crippen LogP) is 1.63. The molecule has 0 spiro atoms. The highest BCUT2D eigenvalue weighted by Gasteiger charge is 2.63. The van der Waals surface area contributed by atoms with Crippen LogP contribution in [0, 0.1) is 5.41 Å². The Morgan fingerprint density at radius 1 is 1.29 bits per heavy atom. The summed E-state index contributed by atoms with van der Waals surface area (Å²) in [5.41, 5.74) is 2.66. The van der Waals surface area contributed by atoms with E-state index < -0.39 is 36.4 Å². The Bertz CT molecular complexity index is 588. The number of anilines is 1. The smallest absolute Gasteiger partial charge is 0.406 e. The summed E-state index contributed by atoms with van der Waals surface area (Å²) in [7, 11) is 0. The second-order valence-electron chi connectivity index (χ2n) is 4.94. The SMILES string of the molecule is NC(=O)c1ccccc1N1CCC(C(=O)O)(C(F)(F)F)C1. The fraction of sp³-hybridized carbons (Fsp3) is 0.385. The van der Waals surface area contributed by atoms with Crippen LogP contribution in [0.1, 0.15) is 16.8 Å². The molecule has 0 aromatic heterocycles. The van der Waals surface area contributed by atoms with Crippen molar-refractivity contribution in [3.05, 3.63) is 29.8 Å². The van der Waals surface area contributed by atoms with E-state index in [0.29, 0.717) is 0 Å². The van der Waals surface area contributed by atoms with Gasteiger partial charge in [-0.2, -0.15) is 13.2 Å². The minimum atomic E-state index is -4.87. The van der Waals surface area contributed by atoms with Crippen LogP contribution in [0.4, 0.5) is 18.9 Å². The van der Waals surface area contributed by atoms with E-state index in [-0.39, 0.29) is 17.8 Å². The molecule has 1 unspecified atom stereocenters. The second kappa shape index (κ2) is 4.94. The summed E-state index contributed by atoms with van der Waals surface area (Å²) < 4.78 is 39.3. The van der Waals surface area contributed by atoms with Gasteiger partial charge in [-0.1, -0.05) is 12.1 Å². The number of para-hydroxylation sites is 1. The number of primary amides is 1. The number of alkyl halides is 3. The Balaban J connectivity index is 2.39. The van der Waals surface area contributed by atoms with Crippen molar-refractivity contribution < 1.29 is 27.9 Å².